The highest BCUT2D eigenvalue weighted by atomic mass is 32.2. The van der Waals surface area contributed by atoms with Crippen LogP contribution in [0.25, 0.3) is 11.0 Å². The summed E-state index contributed by atoms with van der Waals surface area (Å²) in [6.07, 6.45) is 1.24. The fourth-order valence-electron chi connectivity index (χ4n) is 3.23. The molecule has 1 aliphatic heterocycles. The number of rotatable bonds is 5. The Balaban J connectivity index is 1.43. The molecule has 2 aromatic heterocycles. The van der Waals surface area contributed by atoms with E-state index in [-0.39, 0.29) is 0 Å². The second-order valence-corrected chi connectivity index (χ2v) is 8.69. The summed E-state index contributed by atoms with van der Waals surface area (Å²) in [6, 6.07) is 7.85. The van der Waals surface area contributed by atoms with Crippen molar-refractivity contribution >= 4 is 21.1 Å². The Bertz CT molecular complexity index is 1040. The molecule has 0 bridgehead atoms. The SMILES string of the molecule is CN(Cc1ccc2nonc2c1)Cc1cc2n(n1)CCN(S(C)(=O)=O)C2. The molecule has 10 heteroatoms. The van der Waals surface area contributed by atoms with E-state index in [1.165, 1.54) is 10.6 Å². The van der Waals surface area contributed by atoms with Gasteiger partial charge in [-0.2, -0.15) is 9.40 Å². The van der Waals surface area contributed by atoms with Crippen molar-refractivity contribution in [3.63, 3.8) is 0 Å². The zero-order valence-electron chi connectivity index (χ0n) is 14.7. The van der Waals surface area contributed by atoms with Gasteiger partial charge in [0, 0.05) is 19.6 Å². The molecule has 0 N–H and O–H groups in total. The molecule has 0 fully saturated rings. The summed E-state index contributed by atoms with van der Waals surface area (Å²) in [4.78, 5) is 2.15. The standard InChI is InChI=1S/C16H20N6O3S/c1-20(9-12-3-4-15-16(7-12)19-25-18-15)10-13-8-14-11-21(26(2,23)24)5-6-22(14)17-13/h3-4,7-8H,5-6,9-11H2,1-2H3. The third kappa shape index (κ3) is 3.48. The average molecular weight is 376 g/mol. The first-order chi connectivity index (χ1) is 12.4. The smallest absolute Gasteiger partial charge is 0.211 e. The van der Waals surface area contributed by atoms with Crippen LogP contribution in [0.1, 0.15) is 17.0 Å². The van der Waals surface area contributed by atoms with Gasteiger partial charge in [0.15, 0.2) is 0 Å². The van der Waals surface area contributed by atoms with Crippen LogP contribution in [0.15, 0.2) is 28.9 Å². The molecular weight excluding hydrogens is 356 g/mol. The summed E-state index contributed by atoms with van der Waals surface area (Å²) in [5.74, 6) is 0. The van der Waals surface area contributed by atoms with Gasteiger partial charge in [-0.15, -0.1) is 0 Å². The summed E-state index contributed by atoms with van der Waals surface area (Å²) in [5, 5.41) is 12.3. The highest BCUT2D eigenvalue weighted by molar-refractivity contribution is 7.88. The zero-order valence-corrected chi connectivity index (χ0v) is 15.5. The van der Waals surface area contributed by atoms with Gasteiger partial charge in [-0.1, -0.05) is 6.07 Å². The third-order valence-electron chi connectivity index (χ3n) is 4.49. The van der Waals surface area contributed by atoms with Crippen LogP contribution in [0.3, 0.4) is 0 Å². The molecule has 3 aromatic rings. The molecule has 4 rings (SSSR count). The highest BCUT2D eigenvalue weighted by Gasteiger charge is 2.24. The second-order valence-electron chi connectivity index (χ2n) is 6.71. The van der Waals surface area contributed by atoms with E-state index in [1.807, 2.05) is 36.0 Å². The Labute approximate surface area is 151 Å². The van der Waals surface area contributed by atoms with Crippen LogP contribution in [0.5, 0.6) is 0 Å². The lowest BCUT2D eigenvalue weighted by molar-refractivity contribution is 0.308. The van der Waals surface area contributed by atoms with Gasteiger partial charge in [0.05, 0.1) is 30.7 Å². The average Bonchev–Trinajstić information content (AvgIpc) is 3.18. The van der Waals surface area contributed by atoms with Crippen molar-refractivity contribution in [3.05, 3.63) is 41.2 Å². The first-order valence-electron chi connectivity index (χ1n) is 8.29. The predicted octanol–water partition coefficient (Wildman–Crippen LogP) is 0.826. The van der Waals surface area contributed by atoms with Gasteiger partial charge in [0.2, 0.25) is 10.0 Å². The number of benzene rings is 1. The van der Waals surface area contributed by atoms with Crippen LogP contribution in [-0.2, 0) is 36.2 Å². The Morgan fingerprint density at radius 3 is 2.77 bits per heavy atom. The van der Waals surface area contributed by atoms with Crippen LogP contribution in [0, 0.1) is 0 Å². The topological polar surface area (TPSA) is 97.4 Å². The predicted molar refractivity (Wildman–Crippen MR) is 94.5 cm³/mol. The van der Waals surface area contributed by atoms with Gasteiger partial charge in [0.25, 0.3) is 0 Å². The maximum atomic E-state index is 11.7. The highest BCUT2D eigenvalue weighted by Crippen LogP contribution is 2.18. The van der Waals surface area contributed by atoms with Crippen molar-refractivity contribution in [2.24, 2.45) is 0 Å². The molecule has 0 unspecified atom stereocenters. The number of fused-ring (bicyclic) bond motifs is 2. The Morgan fingerprint density at radius 2 is 1.96 bits per heavy atom. The van der Waals surface area contributed by atoms with Crippen LogP contribution < -0.4 is 0 Å². The number of sulfonamides is 1. The van der Waals surface area contributed by atoms with Crippen LogP contribution in [0.4, 0.5) is 0 Å². The molecule has 1 aliphatic rings. The van der Waals surface area contributed by atoms with Gasteiger partial charge >= 0.3 is 0 Å². The molecule has 0 aliphatic carbocycles. The molecule has 0 radical (unpaired) electrons. The van der Waals surface area contributed by atoms with Crippen molar-refractivity contribution in [1.82, 2.24) is 29.3 Å². The number of nitrogens with zero attached hydrogens (tertiary/aromatic N) is 6. The van der Waals surface area contributed by atoms with Gasteiger partial charge in [-0.05, 0) is 41.1 Å². The normalized spacial score (nSPS) is 15.7. The Morgan fingerprint density at radius 1 is 1.15 bits per heavy atom. The second kappa shape index (κ2) is 6.45. The fraction of sp³-hybridized carbons (Fsp3) is 0.438. The van der Waals surface area contributed by atoms with Crippen molar-refractivity contribution in [1.29, 1.82) is 0 Å². The minimum atomic E-state index is -3.17. The number of hydrogen-bond acceptors (Lipinski definition) is 7. The zero-order chi connectivity index (χ0) is 18.3. The molecule has 0 amide bonds. The summed E-state index contributed by atoms with van der Waals surface area (Å²) in [6.45, 7) is 2.84. The van der Waals surface area contributed by atoms with E-state index in [2.05, 4.69) is 20.3 Å². The number of aromatic nitrogens is 4. The van der Waals surface area contributed by atoms with E-state index in [0.29, 0.717) is 26.2 Å². The maximum absolute atomic E-state index is 11.7. The molecule has 9 nitrogen and oxygen atoms in total. The lowest BCUT2D eigenvalue weighted by Gasteiger charge is -2.25. The number of hydrogen-bond donors (Lipinski definition) is 0. The summed E-state index contributed by atoms with van der Waals surface area (Å²) < 4.78 is 31.6. The van der Waals surface area contributed by atoms with E-state index in [0.717, 1.165) is 34.5 Å². The maximum Gasteiger partial charge on any atom is 0.211 e. The van der Waals surface area contributed by atoms with Crippen molar-refractivity contribution in [2.45, 2.75) is 26.2 Å². The molecule has 1 aromatic carbocycles. The van der Waals surface area contributed by atoms with Crippen LogP contribution in [-0.4, -0.2) is 57.6 Å². The fourth-order valence-corrected chi connectivity index (χ4v) is 4.01. The van der Waals surface area contributed by atoms with Gasteiger partial charge in [-0.25, -0.2) is 13.0 Å². The van der Waals surface area contributed by atoms with E-state index in [4.69, 9.17) is 4.63 Å². The van der Waals surface area contributed by atoms with Gasteiger partial charge < -0.3 is 0 Å². The first kappa shape index (κ1) is 17.1. The van der Waals surface area contributed by atoms with Crippen molar-refractivity contribution < 1.29 is 13.0 Å². The molecule has 26 heavy (non-hydrogen) atoms. The lowest BCUT2D eigenvalue weighted by Crippen LogP contribution is -2.37. The quantitative estimate of drug-likeness (QED) is 0.650. The molecule has 3 heterocycles. The Kier molecular flexibility index (Phi) is 4.25. The van der Waals surface area contributed by atoms with E-state index >= 15 is 0 Å². The monoisotopic (exact) mass is 376 g/mol. The largest absolute Gasteiger partial charge is 0.296 e. The van der Waals surface area contributed by atoms with Gasteiger partial charge in [0.1, 0.15) is 11.0 Å². The molecule has 0 spiro atoms. The molecule has 0 saturated heterocycles. The third-order valence-corrected chi connectivity index (χ3v) is 5.73. The van der Waals surface area contributed by atoms with E-state index in [1.54, 1.807) is 0 Å². The van der Waals surface area contributed by atoms with Crippen molar-refractivity contribution in [2.75, 3.05) is 19.8 Å². The van der Waals surface area contributed by atoms with Crippen molar-refractivity contribution in [3.8, 4) is 0 Å². The van der Waals surface area contributed by atoms with E-state index < -0.39 is 10.0 Å². The minimum Gasteiger partial charge on any atom is -0.296 e. The molecule has 0 saturated carbocycles. The summed E-state index contributed by atoms with van der Waals surface area (Å²) in [7, 11) is -1.15. The first-order valence-corrected chi connectivity index (χ1v) is 10.1. The van der Waals surface area contributed by atoms with Crippen LogP contribution >= 0.6 is 0 Å². The molecule has 138 valence electrons. The summed E-state index contributed by atoms with van der Waals surface area (Å²) in [5.41, 5.74) is 4.47. The minimum absolute atomic E-state index is 0.380. The lowest BCUT2D eigenvalue weighted by atomic mass is 10.2. The van der Waals surface area contributed by atoms with Crippen LogP contribution in [0.2, 0.25) is 0 Å². The van der Waals surface area contributed by atoms with Gasteiger partial charge in [-0.3, -0.25) is 9.58 Å². The summed E-state index contributed by atoms with van der Waals surface area (Å²) >= 11 is 0. The Hall–Kier alpha value is -2.30. The van der Waals surface area contributed by atoms with E-state index in [9.17, 15) is 8.42 Å². The molecule has 0 atom stereocenters. The molecular formula is C16H20N6O3S.